The topological polar surface area (TPSA) is 95.7 Å². The molecule has 0 saturated carbocycles. The maximum atomic E-state index is 12.3. The van der Waals surface area contributed by atoms with Gasteiger partial charge in [-0.2, -0.15) is 0 Å². The van der Waals surface area contributed by atoms with Crippen molar-refractivity contribution in [2.75, 3.05) is 14.2 Å². The van der Waals surface area contributed by atoms with Crippen LogP contribution >= 0.6 is 0 Å². The maximum Gasteiger partial charge on any atom is 0.246 e. The monoisotopic (exact) mass is 295 g/mol. The molecule has 0 heterocycles. The average molecular weight is 295 g/mol. The molecule has 1 aliphatic rings. The molecule has 0 bridgehead atoms. The van der Waals surface area contributed by atoms with Crippen LogP contribution in [-0.2, 0) is 19.1 Å². The van der Waals surface area contributed by atoms with Gasteiger partial charge in [-0.05, 0) is 19.4 Å². The number of rotatable bonds is 6. The van der Waals surface area contributed by atoms with Crippen LogP contribution in [0.15, 0.2) is 34.4 Å². The van der Waals surface area contributed by atoms with E-state index in [0.717, 1.165) is 0 Å². The van der Waals surface area contributed by atoms with Crippen molar-refractivity contribution in [1.29, 1.82) is 0 Å². The van der Waals surface area contributed by atoms with Crippen LogP contribution in [0.2, 0.25) is 0 Å². The van der Waals surface area contributed by atoms with Gasteiger partial charge in [0.25, 0.3) is 0 Å². The van der Waals surface area contributed by atoms with Gasteiger partial charge in [-0.1, -0.05) is 6.92 Å². The van der Waals surface area contributed by atoms with E-state index >= 15 is 0 Å². The summed E-state index contributed by atoms with van der Waals surface area (Å²) in [5.41, 5.74) is 0.0832. The summed E-state index contributed by atoms with van der Waals surface area (Å²) in [5.74, 6) is -1.45. The van der Waals surface area contributed by atoms with E-state index in [0.29, 0.717) is 6.42 Å². The molecule has 21 heavy (non-hydrogen) atoms. The van der Waals surface area contributed by atoms with Crippen LogP contribution in [0.25, 0.3) is 0 Å². The molecule has 7 nitrogen and oxygen atoms in total. The molecule has 0 spiro atoms. The van der Waals surface area contributed by atoms with Crippen molar-refractivity contribution in [2.45, 2.75) is 26.7 Å². The molecule has 0 N–H and O–H groups in total. The summed E-state index contributed by atoms with van der Waals surface area (Å²) in [6, 6.07) is 0. The number of allylic oxidation sites excluding steroid dienone is 4. The quantitative estimate of drug-likeness (QED) is 0.422. The van der Waals surface area contributed by atoms with Gasteiger partial charge in [0, 0.05) is 11.1 Å². The van der Waals surface area contributed by atoms with Crippen LogP contribution in [0.4, 0.5) is 0 Å². The van der Waals surface area contributed by atoms with Crippen LogP contribution in [0.5, 0.6) is 0 Å². The van der Waals surface area contributed by atoms with Crippen molar-refractivity contribution in [2.24, 2.45) is 0 Å². The lowest BCUT2D eigenvalue weighted by Gasteiger charge is -2.19. The molecule has 0 aromatic heterocycles. The lowest BCUT2D eigenvalue weighted by Crippen LogP contribution is -2.25. The van der Waals surface area contributed by atoms with Gasteiger partial charge in [0.1, 0.15) is 0 Å². The second-order valence-corrected chi connectivity index (χ2v) is 4.37. The number of hydrogen-bond donors (Lipinski definition) is 0. The molecule has 0 unspecified atom stereocenters. The first kappa shape index (κ1) is 16.6. The van der Waals surface area contributed by atoms with Gasteiger partial charge in [0.15, 0.2) is 0 Å². The normalized spacial score (nSPS) is 16.5. The fourth-order valence-corrected chi connectivity index (χ4v) is 2.03. The fraction of sp³-hybridized carbons (Fsp3) is 0.429. The third-order valence-electron chi connectivity index (χ3n) is 3.13. The van der Waals surface area contributed by atoms with E-state index in [1.54, 1.807) is 6.92 Å². The molecule has 0 amide bonds. The molecule has 0 atom stereocenters. The molecule has 1 aliphatic carbocycles. The van der Waals surface area contributed by atoms with Crippen LogP contribution in [-0.4, -0.2) is 30.7 Å². The van der Waals surface area contributed by atoms with E-state index in [2.05, 4.69) is 0 Å². The number of nitro groups is 1. The number of ether oxygens (including phenoxy) is 2. The van der Waals surface area contributed by atoms with Crippen LogP contribution < -0.4 is 0 Å². The molecule has 7 heteroatoms. The predicted octanol–water partition coefficient (Wildman–Crippen LogP) is 1.92. The lowest BCUT2D eigenvalue weighted by atomic mass is 9.90. The molecule has 114 valence electrons. The number of Topliss-reactive ketones (excluding diaryl/α,β-unsaturated/α-hetero) is 2. The Morgan fingerprint density at radius 1 is 1.19 bits per heavy atom. The minimum absolute atomic E-state index is 0.0639. The zero-order valence-corrected chi connectivity index (χ0v) is 12.4. The van der Waals surface area contributed by atoms with Gasteiger partial charge in [0.2, 0.25) is 28.8 Å². The molecule has 0 fully saturated rings. The van der Waals surface area contributed by atoms with Crippen LogP contribution in [0.1, 0.15) is 26.7 Å². The van der Waals surface area contributed by atoms with Gasteiger partial charge in [-0.15, -0.1) is 0 Å². The van der Waals surface area contributed by atoms with E-state index in [4.69, 9.17) is 9.47 Å². The van der Waals surface area contributed by atoms with Gasteiger partial charge in [-0.3, -0.25) is 19.7 Å². The van der Waals surface area contributed by atoms with Gasteiger partial charge < -0.3 is 9.47 Å². The molecular formula is C14H17NO6. The highest BCUT2D eigenvalue weighted by Crippen LogP contribution is 2.29. The summed E-state index contributed by atoms with van der Waals surface area (Å²) in [4.78, 5) is 34.9. The van der Waals surface area contributed by atoms with Gasteiger partial charge in [-0.25, -0.2) is 0 Å². The van der Waals surface area contributed by atoms with E-state index in [9.17, 15) is 19.7 Å². The highest BCUT2D eigenvalue weighted by atomic mass is 16.6. The summed E-state index contributed by atoms with van der Waals surface area (Å²) < 4.78 is 9.82. The van der Waals surface area contributed by atoms with Crippen LogP contribution in [0.3, 0.4) is 0 Å². The standard InChI is InChI=1S/C14H17NO6/c1-5-6-9(15(18)19)7-10-8(2)11(16)13(20-3)14(21-4)12(10)17/h6H,5,7H2,1-4H3/b9-6+. The fourth-order valence-electron chi connectivity index (χ4n) is 2.03. The second kappa shape index (κ2) is 6.83. The summed E-state index contributed by atoms with van der Waals surface area (Å²) in [6.45, 7) is 3.20. The molecule has 0 aromatic carbocycles. The first-order valence-corrected chi connectivity index (χ1v) is 6.33. The Morgan fingerprint density at radius 2 is 1.71 bits per heavy atom. The third kappa shape index (κ3) is 3.18. The SMILES string of the molecule is CC/C=C(\CC1=C(C)C(=O)C(OC)=C(OC)C1=O)[N+](=O)[O-]. The Labute approximate surface area is 122 Å². The Hall–Kier alpha value is -2.44. The molecule has 0 aliphatic heterocycles. The number of carbonyl (C=O) groups excluding carboxylic acids is 2. The first-order valence-electron chi connectivity index (χ1n) is 6.33. The van der Waals surface area contributed by atoms with E-state index in [1.807, 2.05) is 0 Å². The van der Waals surface area contributed by atoms with Gasteiger partial charge >= 0.3 is 0 Å². The molecule has 0 saturated heterocycles. The number of ketones is 2. The maximum absolute atomic E-state index is 12.3. The smallest absolute Gasteiger partial charge is 0.246 e. The third-order valence-corrected chi connectivity index (χ3v) is 3.13. The zero-order chi connectivity index (χ0) is 16.2. The number of methoxy groups -OCH3 is 2. The zero-order valence-electron chi connectivity index (χ0n) is 12.4. The molecular weight excluding hydrogens is 278 g/mol. The van der Waals surface area contributed by atoms with E-state index in [1.165, 1.54) is 27.2 Å². The predicted molar refractivity (Wildman–Crippen MR) is 73.7 cm³/mol. The highest BCUT2D eigenvalue weighted by Gasteiger charge is 2.36. The lowest BCUT2D eigenvalue weighted by molar-refractivity contribution is -0.427. The molecule has 0 radical (unpaired) electrons. The largest absolute Gasteiger partial charge is 0.489 e. The number of carbonyl (C=O) groups is 2. The van der Waals surface area contributed by atoms with Gasteiger partial charge in [0.05, 0.1) is 25.6 Å². The number of nitrogens with zero attached hydrogens (tertiary/aromatic N) is 1. The Bertz CT molecular complexity index is 582. The number of hydrogen-bond acceptors (Lipinski definition) is 6. The van der Waals surface area contributed by atoms with E-state index in [-0.39, 0.29) is 34.8 Å². The minimum atomic E-state index is -0.560. The summed E-state index contributed by atoms with van der Waals surface area (Å²) >= 11 is 0. The average Bonchev–Trinajstić information content (AvgIpc) is 2.45. The highest BCUT2D eigenvalue weighted by molar-refractivity contribution is 6.23. The Balaban J connectivity index is 3.28. The van der Waals surface area contributed by atoms with Crippen molar-refractivity contribution in [3.05, 3.63) is 44.6 Å². The summed E-state index contributed by atoms with van der Waals surface area (Å²) in [6.07, 6.45) is 1.65. The minimum Gasteiger partial charge on any atom is -0.489 e. The molecule has 1 rings (SSSR count). The van der Waals surface area contributed by atoms with Crippen molar-refractivity contribution < 1.29 is 24.0 Å². The van der Waals surface area contributed by atoms with E-state index < -0.39 is 16.5 Å². The van der Waals surface area contributed by atoms with Crippen molar-refractivity contribution in [3.63, 3.8) is 0 Å². The molecule has 0 aromatic rings. The summed E-state index contributed by atoms with van der Waals surface area (Å²) in [5, 5.41) is 11.0. The Morgan fingerprint density at radius 3 is 2.14 bits per heavy atom. The first-order chi connectivity index (χ1) is 9.88. The van der Waals surface area contributed by atoms with Crippen molar-refractivity contribution in [3.8, 4) is 0 Å². The van der Waals surface area contributed by atoms with Crippen molar-refractivity contribution in [1.82, 2.24) is 0 Å². The Kier molecular flexibility index (Phi) is 5.40. The van der Waals surface area contributed by atoms with Crippen molar-refractivity contribution >= 4 is 11.6 Å². The summed E-state index contributed by atoms with van der Waals surface area (Å²) in [7, 11) is 2.51. The second-order valence-electron chi connectivity index (χ2n) is 4.37. The van der Waals surface area contributed by atoms with Crippen LogP contribution in [0, 0.1) is 10.1 Å².